The van der Waals surface area contributed by atoms with E-state index in [1.807, 2.05) is 48.7 Å². The molecule has 7 heteroatoms. The van der Waals surface area contributed by atoms with Crippen molar-refractivity contribution in [2.45, 2.75) is 19.5 Å². The lowest BCUT2D eigenvalue weighted by atomic mass is 10.1. The zero-order valence-electron chi connectivity index (χ0n) is 16.8. The average molecular weight is 430 g/mol. The first-order chi connectivity index (χ1) is 15.2. The van der Waals surface area contributed by atoms with Crippen LogP contribution in [-0.4, -0.2) is 31.4 Å². The smallest absolute Gasteiger partial charge is 0.255 e. The second-order valence-corrected chi connectivity index (χ2v) is 8.03. The number of rotatable bonds is 4. The Balaban J connectivity index is 1.31. The topological polar surface area (TPSA) is 74.8 Å². The molecule has 0 aliphatic carbocycles. The first kappa shape index (κ1) is 19.6. The lowest BCUT2D eigenvalue weighted by Gasteiger charge is -2.27. The zero-order chi connectivity index (χ0) is 21.2. The van der Waals surface area contributed by atoms with Crippen molar-refractivity contribution in [2.24, 2.45) is 0 Å². The second kappa shape index (κ2) is 8.41. The monoisotopic (exact) mass is 429 g/mol. The largest absolute Gasteiger partial charge is 0.306 e. The first-order valence-corrected chi connectivity index (χ1v) is 10.5. The molecule has 1 aromatic carbocycles. The number of benzene rings is 1. The van der Waals surface area contributed by atoms with E-state index in [4.69, 9.17) is 16.6 Å². The molecule has 0 saturated heterocycles. The number of aromatic amines is 1. The lowest BCUT2D eigenvalue weighted by Crippen LogP contribution is -2.35. The van der Waals surface area contributed by atoms with Crippen LogP contribution in [0.1, 0.15) is 16.8 Å². The van der Waals surface area contributed by atoms with Crippen molar-refractivity contribution in [1.82, 2.24) is 24.8 Å². The number of H-pyrrole nitrogens is 1. The minimum atomic E-state index is -0.0732. The van der Waals surface area contributed by atoms with Crippen molar-refractivity contribution >= 4 is 11.6 Å². The third-order valence-corrected chi connectivity index (χ3v) is 5.69. The molecule has 0 fully saturated rings. The van der Waals surface area contributed by atoms with E-state index in [2.05, 4.69) is 25.9 Å². The summed E-state index contributed by atoms with van der Waals surface area (Å²) >= 11 is 6.08. The maximum atomic E-state index is 12.7. The molecule has 1 aliphatic heterocycles. The highest BCUT2D eigenvalue weighted by Gasteiger charge is 2.21. The Hall–Kier alpha value is -3.35. The SMILES string of the molecule is O=c1[nH]c(-c2ccncc2)nc2c1CN(Cc1ccc(-c3cccc(Cl)c3)nc1)CC2. The summed E-state index contributed by atoms with van der Waals surface area (Å²) < 4.78 is 0. The number of nitrogens with zero attached hydrogens (tertiary/aromatic N) is 4. The maximum Gasteiger partial charge on any atom is 0.255 e. The number of hydrogen-bond donors (Lipinski definition) is 1. The van der Waals surface area contributed by atoms with Gasteiger partial charge in [-0.1, -0.05) is 29.8 Å². The van der Waals surface area contributed by atoms with Gasteiger partial charge in [-0.2, -0.15) is 0 Å². The Morgan fingerprint density at radius 1 is 1.06 bits per heavy atom. The predicted octanol–water partition coefficient (Wildman–Crippen LogP) is 4.11. The van der Waals surface area contributed by atoms with Crippen LogP contribution in [0.25, 0.3) is 22.6 Å². The van der Waals surface area contributed by atoms with Crippen LogP contribution in [0.3, 0.4) is 0 Å². The minimum Gasteiger partial charge on any atom is -0.306 e. The summed E-state index contributed by atoms with van der Waals surface area (Å²) in [6.07, 6.45) is 6.02. The fraction of sp³-hybridized carbons (Fsp3) is 0.167. The molecule has 3 aromatic heterocycles. The molecule has 31 heavy (non-hydrogen) atoms. The van der Waals surface area contributed by atoms with Gasteiger partial charge in [-0.25, -0.2) is 4.98 Å². The van der Waals surface area contributed by atoms with E-state index in [0.717, 1.165) is 53.2 Å². The number of nitrogens with one attached hydrogen (secondary N) is 1. The average Bonchev–Trinajstić information content (AvgIpc) is 2.80. The van der Waals surface area contributed by atoms with E-state index in [1.165, 1.54) is 0 Å². The highest BCUT2D eigenvalue weighted by Crippen LogP contribution is 2.23. The van der Waals surface area contributed by atoms with Crippen molar-refractivity contribution < 1.29 is 0 Å². The summed E-state index contributed by atoms with van der Waals surface area (Å²) in [5.41, 5.74) is 5.40. The second-order valence-electron chi connectivity index (χ2n) is 7.60. The van der Waals surface area contributed by atoms with Gasteiger partial charge >= 0.3 is 0 Å². The molecule has 0 atom stereocenters. The Labute approximate surface area is 184 Å². The molecule has 0 saturated carbocycles. The molecule has 1 aliphatic rings. The number of hydrogen-bond acceptors (Lipinski definition) is 5. The molecule has 0 amide bonds. The molecule has 4 aromatic rings. The van der Waals surface area contributed by atoms with Gasteiger partial charge in [-0.15, -0.1) is 0 Å². The molecule has 0 spiro atoms. The zero-order valence-corrected chi connectivity index (χ0v) is 17.5. The quantitative estimate of drug-likeness (QED) is 0.528. The van der Waals surface area contributed by atoms with Gasteiger partial charge in [0.1, 0.15) is 5.82 Å². The van der Waals surface area contributed by atoms with E-state index in [0.29, 0.717) is 17.4 Å². The summed E-state index contributed by atoms with van der Waals surface area (Å²) in [4.78, 5) is 31.2. The Bertz CT molecular complexity index is 1270. The van der Waals surface area contributed by atoms with E-state index in [9.17, 15) is 4.79 Å². The number of pyridine rings is 2. The summed E-state index contributed by atoms with van der Waals surface area (Å²) in [5.74, 6) is 0.598. The van der Waals surface area contributed by atoms with Crippen molar-refractivity contribution in [2.75, 3.05) is 6.54 Å². The van der Waals surface area contributed by atoms with E-state index in [1.54, 1.807) is 12.4 Å². The van der Waals surface area contributed by atoms with Crippen LogP contribution in [0.2, 0.25) is 5.02 Å². The molecule has 5 rings (SSSR count). The van der Waals surface area contributed by atoms with Crippen LogP contribution < -0.4 is 5.56 Å². The molecule has 0 bridgehead atoms. The number of fused-ring (bicyclic) bond motifs is 1. The Morgan fingerprint density at radius 3 is 2.71 bits per heavy atom. The molecule has 0 radical (unpaired) electrons. The van der Waals surface area contributed by atoms with E-state index in [-0.39, 0.29) is 5.56 Å². The highest BCUT2D eigenvalue weighted by atomic mass is 35.5. The van der Waals surface area contributed by atoms with Crippen molar-refractivity contribution in [3.8, 4) is 22.6 Å². The first-order valence-electron chi connectivity index (χ1n) is 10.1. The highest BCUT2D eigenvalue weighted by molar-refractivity contribution is 6.30. The minimum absolute atomic E-state index is 0.0732. The van der Waals surface area contributed by atoms with Crippen LogP contribution in [0.4, 0.5) is 0 Å². The Kier molecular flexibility index (Phi) is 5.32. The van der Waals surface area contributed by atoms with Crippen LogP contribution in [0.5, 0.6) is 0 Å². The summed E-state index contributed by atoms with van der Waals surface area (Å²) in [6.45, 7) is 2.15. The number of aromatic nitrogens is 4. The lowest BCUT2D eigenvalue weighted by molar-refractivity contribution is 0.241. The molecular formula is C24H20ClN5O. The summed E-state index contributed by atoms with van der Waals surface area (Å²) in [5, 5.41) is 0.696. The normalized spacial score (nSPS) is 13.7. The molecule has 6 nitrogen and oxygen atoms in total. The van der Waals surface area contributed by atoms with Gasteiger partial charge in [0, 0.05) is 60.8 Å². The van der Waals surface area contributed by atoms with Gasteiger partial charge < -0.3 is 4.98 Å². The van der Waals surface area contributed by atoms with Gasteiger partial charge in [0.2, 0.25) is 0 Å². The fourth-order valence-electron chi connectivity index (χ4n) is 3.86. The molecular weight excluding hydrogens is 410 g/mol. The van der Waals surface area contributed by atoms with Gasteiger partial charge in [0.25, 0.3) is 5.56 Å². The van der Waals surface area contributed by atoms with Crippen molar-refractivity contribution in [3.63, 3.8) is 0 Å². The van der Waals surface area contributed by atoms with Crippen LogP contribution >= 0.6 is 11.6 Å². The van der Waals surface area contributed by atoms with Gasteiger partial charge in [0.15, 0.2) is 0 Å². The molecule has 1 N–H and O–H groups in total. The predicted molar refractivity (Wildman–Crippen MR) is 121 cm³/mol. The fourth-order valence-corrected chi connectivity index (χ4v) is 4.05. The van der Waals surface area contributed by atoms with Gasteiger partial charge in [-0.05, 0) is 35.9 Å². The standard InChI is InChI=1S/C24H20ClN5O/c25-19-3-1-2-18(12-19)21-5-4-16(13-27-21)14-30-11-8-22-20(15-30)24(31)29-23(28-22)17-6-9-26-10-7-17/h1-7,9-10,12-13H,8,11,14-15H2,(H,28,29,31). The van der Waals surface area contributed by atoms with Crippen LogP contribution in [-0.2, 0) is 19.5 Å². The Morgan fingerprint density at radius 2 is 1.94 bits per heavy atom. The van der Waals surface area contributed by atoms with E-state index >= 15 is 0 Å². The molecule has 4 heterocycles. The third-order valence-electron chi connectivity index (χ3n) is 5.45. The summed E-state index contributed by atoms with van der Waals surface area (Å²) in [6, 6.07) is 15.5. The van der Waals surface area contributed by atoms with Gasteiger partial charge in [-0.3, -0.25) is 19.7 Å². The van der Waals surface area contributed by atoms with Gasteiger partial charge in [0.05, 0.1) is 17.0 Å². The maximum absolute atomic E-state index is 12.7. The summed E-state index contributed by atoms with van der Waals surface area (Å²) in [7, 11) is 0. The van der Waals surface area contributed by atoms with Crippen LogP contribution in [0, 0.1) is 0 Å². The molecule has 154 valence electrons. The number of halogens is 1. The molecule has 0 unspecified atom stereocenters. The van der Waals surface area contributed by atoms with Crippen molar-refractivity contribution in [1.29, 1.82) is 0 Å². The third kappa shape index (κ3) is 4.26. The van der Waals surface area contributed by atoms with E-state index < -0.39 is 0 Å². The van der Waals surface area contributed by atoms with Crippen LogP contribution in [0.15, 0.2) is 71.9 Å². The van der Waals surface area contributed by atoms with Crippen molar-refractivity contribution in [3.05, 3.63) is 99.3 Å².